The molecule has 0 aromatic carbocycles. The predicted octanol–water partition coefficient (Wildman–Crippen LogP) is 0.690. The van der Waals surface area contributed by atoms with Gasteiger partial charge in [-0.3, -0.25) is 9.48 Å². The summed E-state index contributed by atoms with van der Waals surface area (Å²) in [5.41, 5.74) is 0.00190. The van der Waals surface area contributed by atoms with Crippen LogP contribution in [0.15, 0.2) is 39.9 Å². The molecule has 1 saturated heterocycles. The molecule has 1 fully saturated rings. The lowest BCUT2D eigenvalue weighted by Crippen LogP contribution is -2.25. The molecule has 5 nitrogen and oxygen atoms in total. The van der Waals surface area contributed by atoms with Gasteiger partial charge in [0.25, 0.3) is 5.56 Å². The van der Waals surface area contributed by atoms with Gasteiger partial charge in [0.2, 0.25) is 0 Å². The van der Waals surface area contributed by atoms with Gasteiger partial charge in [0.05, 0.1) is 26.0 Å². The van der Waals surface area contributed by atoms with Crippen LogP contribution in [0, 0.1) is 0 Å². The molecule has 5 heteroatoms. The zero-order valence-corrected chi connectivity index (χ0v) is 8.70. The zero-order valence-electron chi connectivity index (χ0n) is 8.70. The molecule has 16 heavy (non-hydrogen) atoms. The maximum Gasteiger partial charge on any atom is 0.266 e. The lowest BCUT2D eigenvalue weighted by molar-refractivity contribution is 0.342. The molecule has 0 aliphatic carbocycles. The third-order valence-electron chi connectivity index (χ3n) is 2.63. The fourth-order valence-electron chi connectivity index (χ4n) is 1.70. The predicted molar refractivity (Wildman–Crippen MR) is 56.2 cm³/mol. The highest BCUT2D eigenvalue weighted by molar-refractivity contribution is 4.99. The van der Waals surface area contributed by atoms with Crippen molar-refractivity contribution < 1.29 is 9.15 Å². The van der Waals surface area contributed by atoms with E-state index in [9.17, 15) is 4.79 Å². The summed E-state index contributed by atoms with van der Waals surface area (Å²) in [7, 11) is 0. The summed E-state index contributed by atoms with van der Waals surface area (Å²) in [4.78, 5) is 11.6. The summed E-state index contributed by atoms with van der Waals surface area (Å²) < 4.78 is 13.9. The summed E-state index contributed by atoms with van der Waals surface area (Å²) in [6.07, 6.45) is 3.60. The second-order valence-corrected chi connectivity index (χ2v) is 3.87. The minimum Gasteiger partial charge on any atom is -0.467 e. The van der Waals surface area contributed by atoms with E-state index in [1.54, 1.807) is 23.2 Å². The molecule has 2 aromatic heterocycles. The first kappa shape index (κ1) is 9.47. The summed E-state index contributed by atoms with van der Waals surface area (Å²) in [6, 6.07) is 5.29. The number of aromatic nitrogens is 2. The van der Waals surface area contributed by atoms with E-state index >= 15 is 0 Å². The highest BCUT2D eigenvalue weighted by Gasteiger charge is 2.24. The largest absolute Gasteiger partial charge is 0.467 e. The molecule has 1 atom stereocenters. The summed E-state index contributed by atoms with van der Waals surface area (Å²) in [6.45, 7) is 1.94. The van der Waals surface area contributed by atoms with E-state index < -0.39 is 0 Å². The SMILES string of the molecule is O=c1ccn(Cc2ccco2)n1CC1CO1. The Labute approximate surface area is 91.8 Å². The lowest BCUT2D eigenvalue weighted by Gasteiger charge is -2.08. The number of ether oxygens (including phenoxy) is 1. The van der Waals surface area contributed by atoms with Gasteiger partial charge in [-0.1, -0.05) is 0 Å². The Morgan fingerprint density at radius 2 is 2.31 bits per heavy atom. The maximum absolute atomic E-state index is 11.6. The highest BCUT2D eigenvalue weighted by Crippen LogP contribution is 2.11. The second-order valence-electron chi connectivity index (χ2n) is 3.87. The fraction of sp³-hybridized carbons (Fsp3) is 0.364. The van der Waals surface area contributed by atoms with Crippen molar-refractivity contribution in [3.8, 4) is 0 Å². The van der Waals surface area contributed by atoms with Gasteiger partial charge in [0, 0.05) is 12.3 Å². The summed E-state index contributed by atoms with van der Waals surface area (Å²) in [5, 5.41) is 0. The standard InChI is InChI=1S/C11H12N2O3/c14-11-3-4-12(6-9-2-1-5-15-9)13(11)7-10-8-16-10/h1-5,10H,6-8H2. The number of rotatable bonds is 4. The van der Waals surface area contributed by atoms with Crippen molar-refractivity contribution >= 4 is 0 Å². The molecule has 1 aliphatic rings. The van der Waals surface area contributed by atoms with Crippen molar-refractivity contribution in [3.63, 3.8) is 0 Å². The summed E-state index contributed by atoms with van der Waals surface area (Å²) in [5.74, 6) is 0.834. The van der Waals surface area contributed by atoms with Crippen molar-refractivity contribution in [3.05, 3.63) is 46.8 Å². The van der Waals surface area contributed by atoms with Crippen molar-refractivity contribution in [1.29, 1.82) is 0 Å². The van der Waals surface area contributed by atoms with Crippen LogP contribution in [0.2, 0.25) is 0 Å². The number of hydrogen-bond donors (Lipinski definition) is 0. The Morgan fingerprint density at radius 3 is 3.00 bits per heavy atom. The van der Waals surface area contributed by atoms with Crippen LogP contribution in [0.5, 0.6) is 0 Å². The summed E-state index contributed by atoms with van der Waals surface area (Å²) >= 11 is 0. The smallest absolute Gasteiger partial charge is 0.266 e. The van der Waals surface area contributed by atoms with Crippen molar-refractivity contribution in [2.45, 2.75) is 19.2 Å². The van der Waals surface area contributed by atoms with Crippen LogP contribution in [0.4, 0.5) is 0 Å². The van der Waals surface area contributed by atoms with Crippen molar-refractivity contribution in [2.24, 2.45) is 0 Å². The molecule has 1 unspecified atom stereocenters. The van der Waals surface area contributed by atoms with Crippen LogP contribution in [0.25, 0.3) is 0 Å². The van der Waals surface area contributed by atoms with Gasteiger partial charge < -0.3 is 9.15 Å². The van der Waals surface area contributed by atoms with E-state index in [0.717, 1.165) is 12.4 Å². The first-order chi connectivity index (χ1) is 7.83. The van der Waals surface area contributed by atoms with Gasteiger partial charge in [-0.05, 0) is 12.1 Å². The first-order valence-electron chi connectivity index (χ1n) is 5.23. The van der Waals surface area contributed by atoms with Crippen LogP contribution in [0.3, 0.4) is 0 Å². The number of nitrogens with zero attached hydrogens (tertiary/aromatic N) is 2. The van der Waals surface area contributed by atoms with E-state index in [2.05, 4.69) is 0 Å². The zero-order chi connectivity index (χ0) is 11.0. The number of epoxide rings is 1. The molecule has 0 saturated carbocycles. The van der Waals surface area contributed by atoms with Crippen LogP contribution >= 0.6 is 0 Å². The molecule has 84 valence electrons. The monoisotopic (exact) mass is 220 g/mol. The van der Waals surface area contributed by atoms with Gasteiger partial charge in [0.1, 0.15) is 11.9 Å². The molecular weight excluding hydrogens is 208 g/mol. The van der Waals surface area contributed by atoms with Gasteiger partial charge >= 0.3 is 0 Å². The Morgan fingerprint density at radius 1 is 1.44 bits per heavy atom. The third kappa shape index (κ3) is 1.81. The average Bonchev–Trinajstić information content (AvgIpc) is 2.84. The van der Waals surface area contributed by atoms with Crippen molar-refractivity contribution in [2.75, 3.05) is 6.61 Å². The molecule has 0 bridgehead atoms. The number of hydrogen-bond acceptors (Lipinski definition) is 3. The third-order valence-corrected chi connectivity index (χ3v) is 2.63. The van der Waals surface area contributed by atoms with Gasteiger partial charge in [-0.2, -0.15) is 0 Å². The Balaban J connectivity index is 1.85. The lowest BCUT2D eigenvalue weighted by atomic mass is 10.4. The number of furan rings is 1. The maximum atomic E-state index is 11.6. The van der Waals surface area contributed by atoms with Crippen LogP contribution in [0.1, 0.15) is 5.76 Å². The van der Waals surface area contributed by atoms with Crippen LogP contribution < -0.4 is 5.56 Å². The Bertz CT molecular complexity index is 520. The van der Waals surface area contributed by atoms with E-state index in [1.807, 2.05) is 16.8 Å². The Kier molecular flexibility index (Phi) is 2.18. The van der Waals surface area contributed by atoms with Gasteiger partial charge in [0.15, 0.2) is 0 Å². The van der Waals surface area contributed by atoms with E-state index in [0.29, 0.717) is 13.1 Å². The van der Waals surface area contributed by atoms with E-state index in [4.69, 9.17) is 9.15 Å². The minimum absolute atomic E-state index is 0.00190. The molecule has 0 amide bonds. The normalized spacial score (nSPS) is 18.9. The molecule has 3 rings (SSSR count). The quantitative estimate of drug-likeness (QED) is 0.712. The van der Waals surface area contributed by atoms with Crippen LogP contribution in [-0.4, -0.2) is 22.1 Å². The van der Waals surface area contributed by atoms with E-state index in [-0.39, 0.29) is 11.7 Å². The topological polar surface area (TPSA) is 52.6 Å². The molecule has 0 radical (unpaired) electrons. The molecule has 1 aliphatic heterocycles. The van der Waals surface area contributed by atoms with Gasteiger partial charge in [-0.25, -0.2) is 4.68 Å². The average molecular weight is 220 g/mol. The minimum atomic E-state index is 0.00190. The molecule has 0 spiro atoms. The van der Waals surface area contributed by atoms with Gasteiger partial charge in [-0.15, -0.1) is 0 Å². The van der Waals surface area contributed by atoms with E-state index in [1.165, 1.54) is 0 Å². The first-order valence-corrected chi connectivity index (χ1v) is 5.23. The van der Waals surface area contributed by atoms with Crippen LogP contribution in [-0.2, 0) is 17.8 Å². The highest BCUT2D eigenvalue weighted by atomic mass is 16.6. The molecule has 3 heterocycles. The molecule has 0 N–H and O–H groups in total. The fourth-order valence-corrected chi connectivity index (χ4v) is 1.70. The second kappa shape index (κ2) is 3.68. The van der Waals surface area contributed by atoms with Crippen molar-refractivity contribution in [1.82, 2.24) is 9.36 Å². The Hall–Kier alpha value is -1.75. The molecular formula is C11H12N2O3. The molecule has 2 aromatic rings.